The Bertz CT molecular complexity index is 1190. The Labute approximate surface area is 147 Å². The minimum Gasteiger partial charge on any atom is -0.361 e. The van der Waals surface area contributed by atoms with Crippen LogP contribution in [-0.4, -0.2) is 30.3 Å². The van der Waals surface area contributed by atoms with E-state index in [2.05, 4.69) is 16.1 Å². The van der Waals surface area contributed by atoms with E-state index < -0.39 is 15.7 Å². The molecular formula is C16H13N3O4S2. The molecule has 0 radical (unpaired) electrons. The van der Waals surface area contributed by atoms with Gasteiger partial charge in [0.05, 0.1) is 21.7 Å². The lowest BCUT2D eigenvalue weighted by molar-refractivity contribution is 0.0989. The van der Waals surface area contributed by atoms with E-state index >= 15 is 0 Å². The van der Waals surface area contributed by atoms with E-state index in [-0.39, 0.29) is 17.1 Å². The van der Waals surface area contributed by atoms with Gasteiger partial charge >= 0.3 is 5.91 Å². The molecule has 0 unspecified atom stereocenters. The number of thiazole rings is 1. The fourth-order valence-electron chi connectivity index (χ4n) is 2.22. The number of aryl methyl sites for hydroxylation is 1. The van der Waals surface area contributed by atoms with Crippen LogP contribution >= 0.6 is 11.3 Å². The zero-order valence-electron chi connectivity index (χ0n) is 13.4. The molecule has 3 aromatic rings. The van der Waals surface area contributed by atoms with Gasteiger partial charge in [0, 0.05) is 12.3 Å². The first-order valence-corrected chi connectivity index (χ1v) is 9.79. The number of hydrogen-bond donors (Lipinski definition) is 0. The highest BCUT2D eigenvalue weighted by Gasteiger charge is 2.14. The summed E-state index contributed by atoms with van der Waals surface area (Å²) in [7, 11) is -3.34. The second kappa shape index (κ2) is 6.31. The Morgan fingerprint density at radius 3 is 2.80 bits per heavy atom. The van der Waals surface area contributed by atoms with Gasteiger partial charge in [0.25, 0.3) is 0 Å². The summed E-state index contributed by atoms with van der Waals surface area (Å²) in [6.07, 6.45) is 6.55. The van der Waals surface area contributed by atoms with Crippen molar-refractivity contribution in [2.75, 3.05) is 6.26 Å². The first-order chi connectivity index (χ1) is 11.8. The maximum atomic E-state index is 12.2. The van der Waals surface area contributed by atoms with E-state index in [4.69, 9.17) is 10.9 Å². The molecule has 2 aromatic heterocycles. The summed E-state index contributed by atoms with van der Waals surface area (Å²) < 4.78 is 30.7. The van der Waals surface area contributed by atoms with Crippen molar-refractivity contribution < 1.29 is 17.7 Å². The Balaban J connectivity index is 2.20. The van der Waals surface area contributed by atoms with Crippen LogP contribution in [-0.2, 0) is 16.4 Å². The summed E-state index contributed by atoms with van der Waals surface area (Å²) in [5.41, 5.74) is 0.803. The molecule has 0 aliphatic carbocycles. The highest BCUT2D eigenvalue weighted by Crippen LogP contribution is 2.22. The first-order valence-electron chi connectivity index (χ1n) is 7.09. The summed E-state index contributed by atoms with van der Waals surface area (Å²) in [4.78, 5) is 16.9. The highest BCUT2D eigenvalue weighted by atomic mass is 32.2. The summed E-state index contributed by atoms with van der Waals surface area (Å²) in [6.45, 7) is 1.87. The Hall–Kier alpha value is -2.70. The molecule has 9 heteroatoms. The molecule has 25 heavy (non-hydrogen) atoms. The zero-order valence-corrected chi connectivity index (χ0v) is 15.0. The van der Waals surface area contributed by atoms with Gasteiger partial charge < -0.3 is 9.09 Å². The molecular weight excluding hydrogens is 362 g/mol. The predicted molar refractivity (Wildman–Crippen MR) is 92.9 cm³/mol. The quantitative estimate of drug-likeness (QED) is 0.650. The molecule has 7 nitrogen and oxygen atoms in total. The Kier molecular flexibility index (Phi) is 4.32. The largest absolute Gasteiger partial charge is 0.361 e. The number of aromatic nitrogens is 2. The van der Waals surface area contributed by atoms with Gasteiger partial charge in [-0.25, -0.2) is 8.42 Å². The lowest BCUT2D eigenvalue weighted by Gasteiger charge is -2.01. The van der Waals surface area contributed by atoms with Crippen molar-refractivity contribution in [2.24, 2.45) is 4.99 Å². The number of nitrogens with zero attached hydrogens (tertiary/aromatic N) is 3. The molecule has 0 atom stereocenters. The Morgan fingerprint density at radius 2 is 2.20 bits per heavy atom. The molecule has 2 heterocycles. The molecule has 0 bridgehead atoms. The molecule has 0 saturated carbocycles. The van der Waals surface area contributed by atoms with Gasteiger partial charge in [-0.2, -0.15) is 4.99 Å². The van der Waals surface area contributed by atoms with E-state index in [1.54, 1.807) is 23.6 Å². The van der Waals surface area contributed by atoms with Gasteiger partial charge in [-0.3, -0.25) is 4.79 Å². The number of sulfone groups is 1. The monoisotopic (exact) mass is 375 g/mol. The molecule has 128 valence electrons. The van der Waals surface area contributed by atoms with Crippen LogP contribution in [0.3, 0.4) is 0 Å². The standard InChI is InChI=1S/C16H13N3O4S2/c1-4-7-19-13-6-5-11(25(3,21)22)9-14(13)24-16(19)17-15(20)12-8-10(2)23-18-12/h1,5-6,8-9H,7H2,2-3H3. The van der Waals surface area contributed by atoms with Crippen molar-refractivity contribution >= 4 is 37.3 Å². The number of hydrogen-bond acceptors (Lipinski definition) is 6. The van der Waals surface area contributed by atoms with Crippen LogP contribution < -0.4 is 4.80 Å². The minimum absolute atomic E-state index is 0.0963. The topological polar surface area (TPSA) is 94.5 Å². The number of amides is 1. The van der Waals surface area contributed by atoms with Crippen molar-refractivity contribution in [1.82, 2.24) is 9.72 Å². The van der Waals surface area contributed by atoms with E-state index in [0.717, 1.165) is 6.26 Å². The third kappa shape index (κ3) is 3.40. The van der Waals surface area contributed by atoms with E-state index in [9.17, 15) is 13.2 Å². The second-order valence-corrected chi connectivity index (χ2v) is 8.34. The lowest BCUT2D eigenvalue weighted by atomic mass is 10.3. The van der Waals surface area contributed by atoms with Crippen LogP contribution in [0.15, 0.2) is 38.7 Å². The summed E-state index contributed by atoms with van der Waals surface area (Å²) in [5.74, 6) is 2.46. The van der Waals surface area contributed by atoms with Gasteiger partial charge in [0.2, 0.25) is 0 Å². The number of carbonyl (C=O) groups is 1. The molecule has 0 aliphatic rings. The van der Waals surface area contributed by atoms with Crippen LogP contribution in [0.1, 0.15) is 16.2 Å². The van der Waals surface area contributed by atoms with Gasteiger partial charge in [-0.1, -0.05) is 22.4 Å². The first kappa shape index (κ1) is 17.1. The lowest BCUT2D eigenvalue weighted by Crippen LogP contribution is -2.16. The van der Waals surface area contributed by atoms with E-state index in [0.29, 0.717) is 20.8 Å². The second-order valence-electron chi connectivity index (χ2n) is 5.32. The fraction of sp³-hybridized carbons (Fsp3) is 0.188. The van der Waals surface area contributed by atoms with Gasteiger partial charge in [-0.15, -0.1) is 6.42 Å². The molecule has 0 spiro atoms. The molecule has 0 fully saturated rings. The number of fused-ring (bicyclic) bond motifs is 1. The average Bonchev–Trinajstić information content (AvgIpc) is 3.11. The third-order valence-corrected chi connectivity index (χ3v) is 5.53. The van der Waals surface area contributed by atoms with Crippen molar-refractivity contribution in [3.8, 4) is 12.3 Å². The van der Waals surface area contributed by atoms with Crippen molar-refractivity contribution in [3.05, 3.63) is 40.5 Å². The van der Waals surface area contributed by atoms with Crippen molar-refractivity contribution in [2.45, 2.75) is 18.4 Å². The normalized spacial score (nSPS) is 12.4. The third-order valence-electron chi connectivity index (χ3n) is 3.38. The predicted octanol–water partition coefficient (Wildman–Crippen LogP) is 1.78. The summed E-state index contributed by atoms with van der Waals surface area (Å²) in [5, 5.41) is 3.65. The summed E-state index contributed by atoms with van der Waals surface area (Å²) in [6, 6.07) is 6.20. The van der Waals surface area contributed by atoms with Gasteiger partial charge in [0.1, 0.15) is 5.76 Å². The van der Waals surface area contributed by atoms with Crippen molar-refractivity contribution in [3.63, 3.8) is 0 Å². The number of terminal acetylenes is 1. The van der Waals surface area contributed by atoms with Gasteiger partial charge in [0.15, 0.2) is 20.3 Å². The average molecular weight is 375 g/mol. The maximum Gasteiger partial charge on any atom is 0.301 e. The number of carbonyl (C=O) groups excluding carboxylic acids is 1. The Morgan fingerprint density at radius 1 is 1.44 bits per heavy atom. The van der Waals surface area contributed by atoms with E-state index in [1.165, 1.54) is 23.5 Å². The van der Waals surface area contributed by atoms with Crippen LogP contribution in [0.25, 0.3) is 10.2 Å². The minimum atomic E-state index is -3.34. The highest BCUT2D eigenvalue weighted by molar-refractivity contribution is 7.90. The molecule has 0 aliphatic heterocycles. The van der Waals surface area contributed by atoms with Crippen molar-refractivity contribution in [1.29, 1.82) is 0 Å². The molecule has 0 N–H and O–H groups in total. The zero-order chi connectivity index (χ0) is 18.2. The number of benzene rings is 1. The van der Waals surface area contributed by atoms with Crippen LogP contribution in [0.5, 0.6) is 0 Å². The van der Waals surface area contributed by atoms with Crippen LogP contribution in [0.4, 0.5) is 0 Å². The molecule has 0 saturated heterocycles. The van der Waals surface area contributed by atoms with E-state index in [1.807, 2.05) is 0 Å². The SMILES string of the molecule is C#CCn1c(=NC(=O)c2cc(C)on2)sc2cc(S(C)(=O)=O)ccc21. The number of rotatable bonds is 3. The van der Waals surface area contributed by atoms with Crippen LogP contribution in [0.2, 0.25) is 0 Å². The van der Waals surface area contributed by atoms with Crippen LogP contribution in [0, 0.1) is 19.3 Å². The van der Waals surface area contributed by atoms with Gasteiger partial charge in [-0.05, 0) is 25.1 Å². The maximum absolute atomic E-state index is 12.2. The fourth-order valence-corrected chi connectivity index (χ4v) is 4.01. The molecule has 3 rings (SSSR count). The molecule has 1 amide bonds. The molecule has 1 aromatic carbocycles. The summed E-state index contributed by atoms with van der Waals surface area (Å²) >= 11 is 1.18. The smallest absolute Gasteiger partial charge is 0.301 e.